The zero-order valence-corrected chi connectivity index (χ0v) is 18.7. The lowest BCUT2D eigenvalue weighted by atomic mass is 10.1. The molecule has 29 heavy (non-hydrogen) atoms. The Bertz CT molecular complexity index is 940. The van der Waals surface area contributed by atoms with Gasteiger partial charge in [0.2, 0.25) is 0 Å². The summed E-state index contributed by atoms with van der Waals surface area (Å²) in [6.45, 7) is 1.70. The first-order valence-corrected chi connectivity index (χ1v) is 9.69. The molecule has 2 N–H and O–H groups in total. The predicted molar refractivity (Wildman–Crippen MR) is 118 cm³/mol. The van der Waals surface area contributed by atoms with Crippen molar-refractivity contribution in [3.8, 4) is 11.5 Å². The van der Waals surface area contributed by atoms with Crippen molar-refractivity contribution in [2.24, 2.45) is 0 Å². The van der Waals surface area contributed by atoms with Crippen LogP contribution in [0.2, 0.25) is 0 Å². The molecule has 0 unspecified atom stereocenters. The first-order chi connectivity index (χ1) is 13.7. The lowest BCUT2D eigenvalue weighted by Crippen LogP contribution is -2.21. The maximum Gasteiger partial charge on any atom is 0.341 e. The molecule has 2 aromatic rings. The number of carbonyl (C=O) groups excluding carboxylic acids is 2. The second-order valence-corrected chi connectivity index (χ2v) is 7.53. The van der Waals surface area contributed by atoms with Gasteiger partial charge in [-0.25, -0.2) is 4.79 Å². The topological polar surface area (TPSA) is 89.1 Å². The molecule has 0 bridgehead atoms. The van der Waals surface area contributed by atoms with Gasteiger partial charge in [-0.3, -0.25) is 4.79 Å². The minimum Gasteiger partial charge on any atom is -0.497 e. The highest BCUT2D eigenvalue weighted by Gasteiger charge is 2.26. The number of hydrogen-bond acceptors (Lipinski definition) is 7. The second-order valence-electron chi connectivity index (χ2n) is 6.10. The first-order valence-electron chi connectivity index (χ1n) is 8.46. The van der Waals surface area contributed by atoms with Crippen LogP contribution in [0.4, 0.5) is 10.7 Å². The van der Waals surface area contributed by atoms with Gasteiger partial charge in [-0.05, 0) is 36.8 Å². The fourth-order valence-corrected chi connectivity index (χ4v) is 4.01. The Morgan fingerprint density at radius 1 is 1.10 bits per heavy atom. The minimum absolute atomic E-state index is 0.207. The molecule has 8 nitrogen and oxygen atoms in total. The van der Waals surface area contributed by atoms with Gasteiger partial charge in [-0.1, -0.05) is 0 Å². The number of ether oxygens (including phenoxy) is 3. The number of thiocarbonyl (C=S) groups is 1. The van der Waals surface area contributed by atoms with Crippen molar-refractivity contribution in [2.45, 2.75) is 6.92 Å². The monoisotopic (exact) mass is 437 g/mol. The van der Waals surface area contributed by atoms with Crippen molar-refractivity contribution in [3.05, 3.63) is 34.2 Å². The van der Waals surface area contributed by atoms with Gasteiger partial charge in [-0.15, -0.1) is 11.3 Å². The molecule has 0 fully saturated rings. The third-order valence-electron chi connectivity index (χ3n) is 4.02. The largest absolute Gasteiger partial charge is 0.497 e. The van der Waals surface area contributed by atoms with Crippen LogP contribution in [-0.2, 0) is 4.74 Å². The normalized spacial score (nSPS) is 10.1. The Balaban J connectivity index is 2.33. The average Bonchev–Trinajstić information content (AvgIpc) is 3.02. The Hall–Kier alpha value is -2.85. The summed E-state index contributed by atoms with van der Waals surface area (Å²) in [5.41, 5.74) is 1.42. The summed E-state index contributed by atoms with van der Waals surface area (Å²) in [4.78, 5) is 26.6. The van der Waals surface area contributed by atoms with E-state index in [1.54, 1.807) is 46.3 Å². The summed E-state index contributed by atoms with van der Waals surface area (Å²) in [5.74, 6) is 0.415. The van der Waals surface area contributed by atoms with E-state index in [-0.39, 0.29) is 16.6 Å². The molecule has 10 heteroatoms. The van der Waals surface area contributed by atoms with Crippen LogP contribution >= 0.6 is 23.6 Å². The number of anilines is 2. The zero-order valence-electron chi connectivity index (χ0n) is 17.0. The van der Waals surface area contributed by atoms with Crippen molar-refractivity contribution in [2.75, 3.05) is 46.1 Å². The predicted octanol–water partition coefficient (Wildman–Crippen LogP) is 3.37. The number of nitrogens with one attached hydrogen (secondary N) is 2. The number of carbonyl (C=O) groups is 2. The molecular weight excluding hydrogens is 414 g/mol. The van der Waals surface area contributed by atoms with E-state index in [1.165, 1.54) is 19.1 Å². The Morgan fingerprint density at radius 3 is 2.34 bits per heavy atom. The Kier molecular flexibility index (Phi) is 7.40. The summed E-state index contributed by atoms with van der Waals surface area (Å²) in [6, 6.07) is 5.23. The molecule has 0 aliphatic heterocycles. The standard InChI is InChI=1S/C19H23N3O5S2/c1-10-14(18(24)27-6)16(29-15(10)17(23)22(2)3)21-19(28)20-12-8-7-11(25-4)9-13(12)26-5/h7-9H,1-6H3,(H2,20,21,28). The summed E-state index contributed by atoms with van der Waals surface area (Å²) in [7, 11) is 7.68. The van der Waals surface area contributed by atoms with Crippen molar-refractivity contribution < 1.29 is 23.8 Å². The van der Waals surface area contributed by atoms with Gasteiger partial charge in [0.05, 0.1) is 37.5 Å². The van der Waals surface area contributed by atoms with Gasteiger partial charge >= 0.3 is 5.97 Å². The van der Waals surface area contributed by atoms with Crippen LogP contribution in [0.3, 0.4) is 0 Å². The van der Waals surface area contributed by atoms with Gasteiger partial charge in [0.25, 0.3) is 5.91 Å². The van der Waals surface area contributed by atoms with E-state index in [0.29, 0.717) is 32.6 Å². The number of hydrogen-bond donors (Lipinski definition) is 2. The molecular formula is C19H23N3O5S2. The summed E-state index contributed by atoms with van der Waals surface area (Å²) in [5, 5.41) is 6.66. The van der Waals surface area contributed by atoms with Crippen LogP contribution in [0.5, 0.6) is 11.5 Å². The van der Waals surface area contributed by atoms with Gasteiger partial charge < -0.3 is 29.7 Å². The van der Waals surface area contributed by atoms with Crippen molar-refractivity contribution in [1.82, 2.24) is 4.90 Å². The van der Waals surface area contributed by atoms with Gasteiger partial charge in [-0.2, -0.15) is 0 Å². The average molecular weight is 438 g/mol. The SMILES string of the molecule is COC(=O)c1c(NC(=S)Nc2ccc(OC)cc2OC)sc(C(=O)N(C)C)c1C. The van der Waals surface area contributed by atoms with E-state index in [1.807, 2.05) is 0 Å². The molecule has 156 valence electrons. The van der Waals surface area contributed by atoms with E-state index in [0.717, 1.165) is 11.3 Å². The number of amides is 1. The highest BCUT2D eigenvalue weighted by molar-refractivity contribution is 7.80. The van der Waals surface area contributed by atoms with Crippen LogP contribution in [0.25, 0.3) is 0 Å². The minimum atomic E-state index is -0.552. The number of rotatable bonds is 6. The van der Waals surface area contributed by atoms with Crippen LogP contribution in [-0.4, -0.2) is 57.3 Å². The highest BCUT2D eigenvalue weighted by atomic mass is 32.1. The molecule has 1 aromatic heterocycles. The molecule has 0 radical (unpaired) electrons. The van der Waals surface area contributed by atoms with E-state index in [2.05, 4.69) is 10.6 Å². The van der Waals surface area contributed by atoms with Gasteiger partial charge in [0, 0.05) is 20.2 Å². The zero-order chi connectivity index (χ0) is 21.7. The number of nitrogens with zero attached hydrogens (tertiary/aromatic N) is 1. The summed E-state index contributed by atoms with van der Waals surface area (Å²) in [6.07, 6.45) is 0. The number of thiophene rings is 1. The van der Waals surface area contributed by atoms with Crippen LogP contribution in [0, 0.1) is 6.92 Å². The van der Waals surface area contributed by atoms with E-state index in [4.69, 9.17) is 26.4 Å². The lowest BCUT2D eigenvalue weighted by Gasteiger charge is -2.14. The molecule has 0 spiro atoms. The summed E-state index contributed by atoms with van der Waals surface area (Å²) < 4.78 is 15.4. The van der Waals surface area contributed by atoms with Crippen molar-refractivity contribution in [1.29, 1.82) is 0 Å². The molecule has 1 heterocycles. The quantitative estimate of drug-likeness (QED) is 0.525. The maximum absolute atomic E-state index is 12.4. The number of methoxy groups -OCH3 is 3. The third kappa shape index (κ3) is 4.96. The highest BCUT2D eigenvalue weighted by Crippen LogP contribution is 2.35. The van der Waals surface area contributed by atoms with Gasteiger partial charge in [0.15, 0.2) is 5.11 Å². The number of benzene rings is 1. The van der Waals surface area contributed by atoms with Crippen LogP contribution < -0.4 is 20.1 Å². The van der Waals surface area contributed by atoms with Crippen molar-refractivity contribution in [3.63, 3.8) is 0 Å². The first kappa shape index (κ1) is 22.4. The Morgan fingerprint density at radius 2 is 1.79 bits per heavy atom. The lowest BCUT2D eigenvalue weighted by molar-refractivity contribution is 0.0601. The molecule has 0 aliphatic rings. The maximum atomic E-state index is 12.4. The fourth-order valence-electron chi connectivity index (χ4n) is 2.51. The fraction of sp³-hybridized carbons (Fsp3) is 0.316. The number of esters is 1. The smallest absolute Gasteiger partial charge is 0.341 e. The van der Waals surface area contributed by atoms with E-state index < -0.39 is 5.97 Å². The van der Waals surface area contributed by atoms with Gasteiger partial charge in [0.1, 0.15) is 16.5 Å². The molecule has 2 rings (SSSR count). The molecule has 0 saturated heterocycles. The molecule has 0 atom stereocenters. The van der Waals surface area contributed by atoms with Crippen LogP contribution in [0.1, 0.15) is 25.6 Å². The van der Waals surface area contributed by atoms with E-state index in [9.17, 15) is 9.59 Å². The second kappa shape index (κ2) is 9.57. The van der Waals surface area contributed by atoms with Crippen molar-refractivity contribution >= 4 is 51.2 Å². The molecule has 1 aromatic carbocycles. The molecule has 1 amide bonds. The molecule has 0 aliphatic carbocycles. The third-order valence-corrected chi connectivity index (χ3v) is 5.42. The summed E-state index contributed by atoms with van der Waals surface area (Å²) >= 11 is 6.53. The van der Waals surface area contributed by atoms with Crippen LogP contribution in [0.15, 0.2) is 18.2 Å². The Labute approximate surface area is 178 Å². The molecule has 0 saturated carbocycles. The van der Waals surface area contributed by atoms with E-state index >= 15 is 0 Å².